The first-order valence-electron chi connectivity index (χ1n) is 9.87. The monoisotopic (exact) mass is 478 g/mol. The molecule has 0 amide bonds. The molecule has 0 spiro atoms. The van der Waals surface area contributed by atoms with E-state index < -0.39 is 0 Å². The normalized spacial score (nSPS) is 25.8. The lowest BCUT2D eigenvalue weighted by molar-refractivity contribution is 0.174. The van der Waals surface area contributed by atoms with Crippen LogP contribution in [-0.4, -0.2) is 60.9 Å². The van der Waals surface area contributed by atoms with Crippen LogP contribution in [0.1, 0.15) is 19.3 Å². The van der Waals surface area contributed by atoms with E-state index in [1.165, 1.54) is 12.8 Å². The van der Waals surface area contributed by atoms with Crippen molar-refractivity contribution in [2.24, 2.45) is 26.6 Å². The van der Waals surface area contributed by atoms with Crippen molar-refractivity contribution in [3.63, 3.8) is 0 Å². The highest BCUT2D eigenvalue weighted by Crippen LogP contribution is 2.42. The van der Waals surface area contributed by atoms with Crippen molar-refractivity contribution in [3.05, 3.63) is 16.6 Å². The van der Waals surface area contributed by atoms with Gasteiger partial charge >= 0.3 is 0 Å². The molecule has 1 aromatic carbocycles. The highest BCUT2D eigenvalue weighted by Gasteiger charge is 2.38. The van der Waals surface area contributed by atoms with E-state index in [4.69, 9.17) is 20.2 Å². The second-order valence-corrected chi connectivity index (χ2v) is 9.33. The minimum atomic E-state index is -0.387. The number of aliphatic imine (C=N–C) groups is 3. The molecule has 8 nitrogen and oxygen atoms in total. The summed E-state index contributed by atoms with van der Waals surface area (Å²) in [5.74, 6) is 3.14. The standard InChI is InChI=1S/C19H23BrN6O2S/c20-12-7-13-14(28-10-27-13)8-15(12)29-19-25-16-17(21)23-9-24-18(16)26(19)6-3-11-1-4-22-5-2-11/h7-9,11,16-17,22H,1-6,10,21H2. The highest BCUT2D eigenvalue weighted by molar-refractivity contribution is 9.10. The molecule has 0 radical (unpaired) electrons. The lowest BCUT2D eigenvalue weighted by Crippen LogP contribution is -2.44. The van der Waals surface area contributed by atoms with E-state index >= 15 is 0 Å². The van der Waals surface area contributed by atoms with Gasteiger partial charge in [-0.05, 0) is 66.3 Å². The average Bonchev–Trinajstić information content (AvgIpc) is 3.32. The Morgan fingerprint density at radius 1 is 1.24 bits per heavy atom. The molecule has 1 saturated heterocycles. The first-order valence-corrected chi connectivity index (χ1v) is 11.5. The van der Waals surface area contributed by atoms with Crippen LogP contribution >= 0.6 is 27.7 Å². The lowest BCUT2D eigenvalue weighted by Gasteiger charge is -2.28. The van der Waals surface area contributed by atoms with E-state index in [9.17, 15) is 0 Å². The molecule has 3 N–H and O–H groups in total. The van der Waals surface area contributed by atoms with Gasteiger partial charge in [-0.25, -0.2) is 9.98 Å². The minimum Gasteiger partial charge on any atom is -0.454 e. The van der Waals surface area contributed by atoms with Gasteiger partial charge in [-0.1, -0.05) is 11.8 Å². The number of nitrogens with zero attached hydrogens (tertiary/aromatic N) is 4. The summed E-state index contributed by atoms with van der Waals surface area (Å²) in [6.45, 7) is 3.34. The molecule has 0 bridgehead atoms. The van der Waals surface area contributed by atoms with Gasteiger partial charge in [-0.15, -0.1) is 0 Å². The Hall–Kier alpha value is -1.62. The molecule has 0 aromatic heterocycles. The van der Waals surface area contributed by atoms with Crippen LogP contribution in [0.2, 0.25) is 0 Å². The van der Waals surface area contributed by atoms with Crippen LogP contribution in [-0.2, 0) is 0 Å². The molecule has 0 saturated carbocycles. The summed E-state index contributed by atoms with van der Waals surface area (Å²) >= 11 is 5.25. The quantitative estimate of drug-likeness (QED) is 0.689. The number of rotatable bonds is 4. The number of hydrogen-bond donors (Lipinski definition) is 2. The molecule has 2 unspecified atom stereocenters. The van der Waals surface area contributed by atoms with Crippen LogP contribution in [0, 0.1) is 5.92 Å². The number of nitrogens with two attached hydrogens (primary N) is 1. The SMILES string of the molecule is NC1N=CN=C2C1N=C(Sc1cc3c(cc1Br)OCO3)N2CCC1CCNCC1. The van der Waals surface area contributed by atoms with Crippen molar-refractivity contribution in [2.45, 2.75) is 36.4 Å². The number of halogens is 1. The van der Waals surface area contributed by atoms with E-state index in [1.54, 1.807) is 18.1 Å². The average molecular weight is 479 g/mol. The fourth-order valence-corrected chi connectivity index (χ4v) is 5.52. The number of thioether (sulfide) groups is 1. The third-order valence-electron chi connectivity index (χ3n) is 5.62. The maximum atomic E-state index is 6.20. The largest absolute Gasteiger partial charge is 0.454 e. The summed E-state index contributed by atoms with van der Waals surface area (Å²) in [7, 11) is 0. The number of fused-ring (bicyclic) bond motifs is 2. The summed E-state index contributed by atoms with van der Waals surface area (Å²) < 4.78 is 12.0. The molecule has 2 atom stereocenters. The van der Waals surface area contributed by atoms with Crippen molar-refractivity contribution >= 4 is 45.0 Å². The number of hydrogen-bond acceptors (Lipinski definition) is 9. The van der Waals surface area contributed by atoms with Gasteiger partial charge < -0.3 is 25.4 Å². The smallest absolute Gasteiger partial charge is 0.231 e. The fourth-order valence-electron chi connectivity index (χ4n) is 3.98. The Kier molecular flexibility index (Phi) is 5.51. The minimum absolute atomic E-state index is 0.219. The van der Waals surface area contributed by atoms with Crippen LogP contribution in [0.3, 0.4) is 0 Å². The van der Waals surface area contributed by atoms with Crippen molar-refractivity contribution in [1.82, 2.24) is 10.2 Å². The molecule has 1 aromatic rings. The van der Waals surface area contributed by atoms with E-state index in [0.717, 1.165) is 63.8 Å². The van der Waals surface area contributed by atoms with Gasteiger partial charge in [0.2, 0.25) is 6.79 Å². The Bertz CT molecular complexity index is 886. The molecule has 1 fully saturated rings. The zero-order valence-corrected chi connectivity index (χ0v) is 18.3. The Morgan fingerprint density at radius 3 is 2.86 bits per heavy atom. The Balaban J connectivity index is 1.38. The summed E-state index contributed by atoms with van der Waals surface area (Å²) in [6, 6.07) is 3.72. The third kappa shape index (κ3) is 3.90. The van der Waals surface area contributed by atoms with E-state index in [2.05, 4.69) is 36.1 Å². The molecule has 10 heteroatoms. The number of piperidine rings is 1. The number of benzene rings is 1. The molecular formula is C19H23BrN6O2S. The van der Waals surface area contributed by atoms with Crippen molar-refractivity contribution in [3.8, 4) is 11.5 Å². The first kappa shape index (κ1) is 19.3. The van der Waals surface area contributed by atoms with Gasteiger partial charge in [0.25, 0.3) is 0 Å². The lowest BCUT2D eigenvalue weighted by atomic mass is 9.94. The maximum Gasteiger partial charge on any atom is 0.231 e. The molecule has 0 aliphatic carbocycles. The zero-order valence-electron chi connectivity index (χ0n) is 15.9. The van der Waals surface area contributed by atoms with Crippen LogP contribution < -0.4 is 20.5 Å². The van der Waals surface area contributed by atoms with Gasteiger partial charge in [0.15, 0.2) is 16.7 Å². The molecule has 4 aliphatic rings. The zero-order chi connectivity index (χ0) is 19.8. The Morgan fingerprint density at radius 2 is 2.03 bits per heavy atom. The highest BCUT2D eigenvalue weighted by atomic mass is 79.9. The topological polar surface area (TPSA) is 96.8 Å². The van der Waals surface area contributed by atoms with Gasteiger partial charge in [-0.2, -0.15) is 0 Å². The van der Waals surface area contributed by atoms with Crippen molar-refractivity contribution in [1.29, 1.82) is 0 Å². The number of ether oxygens (including phenoxy) is 2. The molecular weight excluding hydrogens is 456 g/mol. The van der Waals surface area contributed by atoms with E-state index in [1.807, 2.05) is 12.1 Å². The van der Waals surface area contributed by atoms with Crippen LogP contribution in [0.15, 0.2) is 36.5 Å². The van der Waals surface area contributed by atoms with Crippen molar-refractivity contribution in [2.75, 3.05) is 26.4 Å². The summed E-state index contributed by atoms with van der Waals surface area (Å²) in [5, 5.41) is 4.34. The van der Waals surface area contributed by atoms with Crippen LogP contribution in [0.25, 0.3) is 0 Å². The summed E-state index contributed by atoms with van der Waals surface area (Å²) in [4.78, 5) is 16.9. The number of nitrogens with one attached hydrogen (secondary N) is 1. The fraction of sp³-hybridized carbons (Fsp3) is 0.526. The van der Waals surface area contributed by atoms with Crippen molar-refractivity contribution < 1.29 is 9.47 Å². The first-order chi connectivity index (χ1) is 14.2. The predicted molar refractivity (Wildman–Crippen MR) is 118 cm³/mol. The van der Waals surface area contributed by atoms with Gasteiger partial charge in [0.05, 0.1) is 0 Å². The van der Waals surface area contributed by atoms with Crippen LogP contribution in [0.5, 0.6) is 11.5 Å². The second-order valence-electron chi connectivity index (χ2n) is 7.47. The Labute approximate surface area is 182 Å². The van der Waals surface area contributed by atoms with Crippen LogP contribution in [0.4, 0.5) is 0 Å². The van der Waals surface area contributed by atoms with E-state index in [-0.39, 0.29) is 19.0 Å². The van der Waals surface area contributed by atoms with Gasteiger partial charge in [0, 0.05) is 15.9 Å². The van der Waals surface area contributed by atoms with Gasteiger partial charge in [-0.3, -0.25) is 4.99 Å². The summed E-state index contributed by atoms with van der Waals surface area (Å²) in [5.41, 5.74) is 6.20. The number of amidine groups is 2. The second kappa shape index (κ2) is 8.25. The molecule has 4 heterocycles. The summed E-state index contributed by atoms with van der Waals surface area (Å²) in [6.07, 6.45) is 4.73. The molecule has 154 valence electrons. The van der Waals surface area contributed by atoms with E-state index in [0.29, 0.717) is 0 Å². The third-order valence-corrected chi connectivity index (χ3v) is 7.61. The molecule has 29 heavy (non-hydrogen) atoms. The van der Waals surface area contributed by atoms with Gasteiger partial charge in [0.1, 0.15) is 24.4 Å². The predicted octanol–water partition coefficient (Wildman–Crippen LogP) is 2.42. The maximum absolute atomic E-state index is 6.20. The molecule has 5 rings (SSSR count). The molecule has 4 aliphatic heterocycles.